The molecule has 2 aromatic rings. The van der Waals surface area contributed by atoms with Gasteiger partial charge in [-0.05, 0) is 45.8 Å². The van der Waals surface area contributed by atoms with Gasteiger partial charge in [-0.3, -0.25) is 4.98 Å². The molecule has 0 aliphatic carbocycles. The summed E-state index contributed by atoms with van der Waals surface area (Å²) in [7, 11) is 4.06. The summed E-state index contributed by atoms with van der Waals surface area (Å²) in [5, 5.41) is 0. The van der Waals surface area contributed by atoms with Crippen molar-refractivity contribution in [1.82, 2.24) is 4.98 Å². The van der Waals surface area contributed by atoms with E-state index in [2.05, 4.69) is 44.0 Å². The number of rotatable bonds is 4. The van der Waals surface area contributed by atoms with Gasteiger partial charge in [0.1, 0.15) is 0 Å². The molecule has 0 saturated carbocycles. The second-order valence-electron chi connectivity index (χ2n) is 4.77. The van der Waals surface area contributed by atoms with Gasteiger partial charge in [-0.1, -0.05) is 12.1 Å². The van der Waals surface area contributed by atoms with E-state index < -0.39 is 0 Å². The predicted octanol–water partition coefficient (Wildman–Crippen LogP) is 3.15. The maximum Gasteiger partial charge on any atom is 0.0423 e. The quantitative estimate of drug-likeness (QED) is 0.941. The van der Waals surface area contributed by atoms with Crippen LogP contribution in [0.2, 0.25) is 0 Å². The van der Waals surface area contributed by atoms with E-state index in [4.69, 9.17) is 5.73 Å². The van der Waals surface area contributed by atoms with Crippen LogP contribution in [0.15, 0.2) is 47.1 Å². The number of pyridine rings is 1. The maximum absolute atomic E-state index is 6.26. The minimum absolute atomic E-state index is 0.0337. The van der Waals surface area contributed by atoms with Crippen molar-refractivity contribution in [1.29, 1.82) is 0 Å². The zero-order valence-corrected chi connectivity index (χ0v) is 12.8. The summed E-state index contributed by atoms with van der Waals surface area (Å²) in [4.78, 5) is 6.44. The van der Waals surface area contributed by atoms with Crippen LogP contribution in [-0.4, -0.2) is 19.1 Å². The Balaban J connectivity index is 2.13. The fraction of sp³-hybridized carbons (Fsp3) is 0.267. The first-order chi connectivity index (χ1) is 9.06. The fourth-order valence-corrected chi connectivity index (χ4v) is 2.14. The van der Waals surface area contributed by atoms with Gasteiger partial charge in [0.2, 0.25) is 0 Å². The highest BCUT2D eigenvalue weighted by Gasteiger charge is 2.09. The van der Waals surface area contributed by atoms with Gasteiger partial charge in [0.25, 0.3) is 0 Å². The summed E-state index contributed by atoms with van der Waals surface area (Å²) in [6.45, 7) is 0. The van der Waals surface area contributed by atoms with Crippen LogP contribution in [0.25, 0.3) is 0 Å². The third-order valence-corrected chi connectivity index (χ3v) is 3.50. The number of benzene rings is 1. The van der Waals surface area contributed by atoms with Gasteiger partial charge in [-0.15, -0.1) is 0 Å². The van der Waals surface area contributed by atoms with Crippen molar-refractivity contribution < 1.29 is 0 Å². The number of nitrogens with zero attached hydrogens (tertiary/aromatic N) is 2. The van der Waals surface area contributed by atoms with Gasteiger partial charge >= 0.3 is 0 Å². The molecule has 2 rings (SSSR count). The molecule has 0 spiro atoms. The van der Waals surface area contributed by atoms with Crippen LogP contribution in [0.4, 0.5) is 5.69 Å². The number of nitrogens with two attached hydrogens (primary N) is 1. The second kappa shape index (κ2) is 6.17. The Bertz CT molecular complexity index is 537. The van der Waals surface area contributed by atoms with Gasteiger partial charge in [0, 0.05) is 48.6 Å². The molecule has 19 heavy (non-hydrogen) atoms. The maximum atomic E-state index is 6.26. The Morgan fingerprint density at radius 3 is 2.68 bits per heavy atom. The van der Waals surface area contributed by atoms with Crippen LogP contribution in [0.1, 0.15) is 17.3 Å². The first-order valence-electron chi connectivity index (χ1n) is 6.19. The lowest BCUT2D eigenvalue weighted by Crippen LogP contribution is -2.15. The molecule has 0 saturated heterocycles. The number of aromatic nitrogens is 1. The van der Waals surface area contributed by atoms with E-state index in [1.165, 1.54) is 0 Å². The third-order valence-electron chi connectivity index (χ3n) is 3.03. The second-order valence-corrected chi connectivity index (χ2v) is 5.68. The summed E-state index contributed by atoms with van der Waals surface area (Å²) >= 11 is 3.38. The monoisotopic (exact) mass is 319 g/mol. The van der Waals surface area contributed by atoms with E-state index in [0.29, 0.717) is 0 Å². The lowest BCUT2D eigenvalue weighted by Gasteiger charge is -2.17. The van der Waals surface area contributed by atoms with Crippen molar-refractivity contribution in [3.8, 4) is 0 Å². The zero-order valence-electron chi connectivity index (χ0n) is 11.2. The summed E-state index contributed by atoms with van der Waals surface area (Å²) in [6, 6.07) is 12.3. The summed E-state index contributed by atoms with van der Waals surface area (Å²) in [5.74, 6) is 0. The van der Waals surface area contributed by atoms with Gasteiger partial charge in [-0.2, -0.15) is 0 Å². The highest BCUT2D eigenvalue weighted by molar-refractivity contribution is 9.10. The smallest absolute Gasteiger partial charge is 0.0423 e. The van der Waals surface area contributed by atoms with Crippen LogP contribution in [-0.2, 0) is 6.42 Å². The van der Waals surface area contributed by atoms with Crippen molar-refractivity contribution in [2.24, 2.45) is 5.73 Å². The average molecular weight is 320 g/mol. The largest absolute Gasteiger partial charge is 0.378 e. The average Bonchev–Trinajstić information content (AvgIpc) is 2.41. The third kappa shape index (κ3) is 3.78. The molecule has 1 atom stereocenters. The zero-order chi connectivity index (χ0) is 13.8. The Morgan fingerprint density at radius 1 is 1.26 bits per heavy atom. The molecule has 0 aliphatic rings. The SMILES string of the molecule is CN(C)c1cccc(C(N)Cc2ccc(Br)cn2)c1. The molecule has 0 aliphatic heterocycles. The standard InChI is InChI=1S/C15H18BrN3/c1-19(2)14-5-3-4-11(8-14)15(17)9-13-7-6-12(16)10-18-13/h3-8,10,15H,9,17H2,1-2H3. The van der Waals surface area contributed by atoms with Crippen LogP contribution in [0, 0.1) is 0 Å². The molecule has 0 radical (unpaired) electrons. The lowest BCUT2D eigenvalue weighted by atomic mass is 10.0. The molecule has 1 unspecified atom stereocenters. The molecule has 1 heterocycles. The van der Waals surface area contributed by atoms with E-state index in [9.17, 15) is 0 Å². The van der Waals surface area contributed by atoms with E-state index in [1.54, 1.807) is 6.20 Å². The summed E-state index contributed by atoms with van der Waals surface area (Å²) in [5.41, 5.74) is 9.57. The first-order valence-corrected chi connectivity index (χ1v) is 6.99. The minimum Gasteiger partial charge on any atom is -0.378 e. The topological polar surface area (TPSA) is 42.1 Å². The molecule has 0 amide bonds. The van der Waals surface area contributed by atoms with Crippen LogP contribution < -0.4 is 10.6 Å². The number of hydrogen-bond donors (Lipinski definition) is 1. The molecule has 1 aromatic heterocycles. The van der Waals surface area contributed by atoms with E-state index in [0.717, 1.165) is 27.8 Å². The van der Waals surface area contributed by atoms with Gasteiger partial charge in [0.05, 0.1) is 0 Å². The minimum atomic E-state index is -0.0337. The van der Waals surface area contributed by atoms with Crippen molar-refractivity contribution in [3.05, 3.63) is 58.3 Å². The Hall–Kier alpha value is -1.39. The highest BCUT2D eigenvalue weighted by atomic mass is 79.9. The van der Waals surface area contributed by atoms with Crippen molar-refractivity contribution in [2.75, 3.05) is 19.0 Å². The normalized spacial score (nSPS) is 12.2. The molecule has 3 nitrogen and oxygen atoms in total. The molecule has 1 aromatic carbocycles. The van der Waals surface area contributed by atoms with Crippen LogP contribution in [0.3, 0.4) is 0 Å². The fourth-order valence-electron chi connectivity index (χ4n) is 1.90. The Labute approximate surface area is 122 Å². The molecule has 100 valence electrons. The molecular weight excluding hydrogens is 302 g/mol. The van der Waals surface area contributed by atoms with Crippen LogP contribution in [0.5, 0.6) is 0 Å². The van der Waals surface area contributed by atoms with Gasteiger partial charge in [-0.25, -0.2) is 0 Å². The molecule has 4 heteroatoms. The first kappa shape index (κ1) is 14.0. The molecule has 0 bridgehead atoms. The highest BCUT2D eigenvalue weighted by Crippen LogP contribution is 2.20. The van der Waals surface area contributed by atoms with Crippen molar-refractivity contribution in [3.63, 3.8) is 0 Å². The Kier molecular flexibility index (Phi) is 4.56. The van der Waals surface area contributed by atoms with Gasteiger partial charge in [0.15, 0.2) is 0 Å². The van der Waals surface area contributed by atoms with Crippen molar-refractivity contribution >= 4 is 21.6 Å². The van der Waals surface area contributed by atoms with E-state index >= 15 is 0 Å². The van der Waals surface area contributed by atoms with E-state index in [1.807, 2.05) is 32.3 Å². The van der Waals surface area contributed by atoms with Gasteiger partial charge < -0.3 is 10.6 Å². The summed E-state index contributed by atoms with van der Waals surface area (Å²) < 4.78 is 0.986. The molecule has 2 N–H and O–H groups in total. The number of anilines is 1. The molecular formula is C15H18BrN3. The van der Waals surface area contributed by atoms with Crippen molar-refractivity contribution in [2.45, 2.75) is 12.5 Å². The van der Waals surface area contributed by atoms with Crippen LogP contribution >= 0.6 is 15.9 Å². The lowest BCUT2D eigenvalue weighted by molar-refractivity contribution is 0.706. The number of hydrogen-bond acceptors (Lipinski definition) is 3. The number of halogens is 1. The summed E-state index contributed by atoms with van der Waals surface area (Å²) in [6.07, 6.45) is 2.54. The molecule has 0 fully saturated rings. The Morgan fingerprint density at radius 2 is 2.05 bits per heavy atom. The predicted molar refractivity (Wildman–Crippen MR) is 83.3 cm³/mol. The van der Waals surface area contributed by atoms with E-state index in [-0.39, 0.29) is 6.04 Å².